The Kier molecular flexibility index (Phi) is 4.55. The van der Waals surface area contributed by atoms with Crippen LogP contribution in [0.2, 0.25) is 0 Å². The zero-order valence-electron chi connectivity index (χ0n) is 6.14. The summed E-state index contributed by atoms with van der Waals surface area (Å²) in [5.74, 6) is -0.905. The van der Waals surface area contributed by atoms with Gasteiger partial charge in [0.15, 0.2) is 0 Å². The van der Waals surface area contributed by atoms with Gasteiger partial charge < -0.3 is 25.5 Å². The van der Waals surface area contributed by atoms with Crippen molar-refractivity contribution < 1.29 is 25.5 Å². The van der Waals surface area contributed by atoms with Crippen LogP contribution in [0.25, 0.3) is 0 Å². The minimum atomic E-state index is -1.79. The Morgan fingerprint density at radius 2 is 1.27 bits per heavy atom. The van der Waals surface area contributed by atoms with Crippen molar-refractivity contribution in [1.82, 2.24) is 0 Å². The summed E-state index contributed by atoms with van der Waals surface area (Å²) in [5, 5.41) is 43.6. The summed E-state index contributed by atoms with van der Waals surface area (Å²) < 4.78 is 0. The molecule has 0 aliphatic heterocycles. The SMILES string of the molecule is OCC(CO)C(O)(CO)CO. The molecule has 0 aromatic heterocycles. The van der Waals surface area contributed by atoms with Crippen molar-refractivity contribution in [2.24, 2.45) is 5.92 Å². The minimum Gasteiger partial charge on any atom is -0.396 e. The predicted octanol–water partition coefficient (Wildman–Crippen LogP) is -2.70. The van der Waals surface area contributed by atoms with Gasteiger partial charge in [-0.3, -0.25) is 0 Å². The van der Waals surface area contributed by atoms with Crippen molar-refractivity contribution >= 4 is 0 Å². The summed E-state index contributed by atoms with van der Waals surface area (Å²) in [6.07, 6.45) is 0. The van der Waals surface area contributed by atoms with Gasteiger partial charge in [0.25, 0.3) is 0 Å². The first-order valence-electron chi connectivity index (χ1n) is 3.30. The Morgan fingerprint density at radius 1 is 0.909 bits per heavy atom. The first kappa shape index (κ1) is 10.8. The monoisotopic (exact) mass is 166 g/mol. The number of aliphatic hydroxyl groups is 5. The molecule has 0 radical (unpaired) electrons. The summed E-state index contributed by atoms with van der Waals surface area (Å²) in [4.78, 5) is 0. The zero-order valence-corrected chi connectivity index (χ0v) is 6.14. The molecule has 11 heavy (non-hydrogen) atoms. The molecule has 0 aromatic carbocycles. The molecule has 5 heteroatoms. The first-order chi connectivity index (χ1) is 5.14. The Labute approximate surface area is 64.5 Å². The highest BCUT2D eigenvalue weighted by Gasteiger charge is 2.34. The van der Waals surface area contributed by atoms with Gasteiger partial charge in [-0.15, -0.1) is 0 Å². The quantitative estimate of drug-likeness (QED) is 0.306. The highest BCUT2D eigenvalue weighted by Crippen LogP contribution is 2.15. The van der Waals surface area contributed by atoms with Crippen LogP contribution >= 0.6 is 0 Å². The summed E-state index contributed by atoms with van der Waals surface area (Å²) in [7, 11) is 0. The molecule has 0 atom stereocenters. The molecule has 0 fully saturated rings. The third kappa shape index (κ3) is 2.39. The summed E-state index contributed by atoms with van der Waals surface area (Å²) in [5.41, 5.74) is -1.79. The number of aliphatic hydroxyl groups excluding tert-OH is 4. The Hall–Kier alpha value is -0.200. The number of hydrogen-bond donors (Lipinski definition) is 5. The van der Waals surface area contributed by atoms with Crippen molar-refractivity contribution in [3.63, 3.8) is 0 Å². The molecule has 0 aliphatic carbocycles. The molecule has 0 rings (SSSR count). The second kappa shape index (κ2) is 4.63. The van der Waals surface area contributed by atoms with Crippen molar-refractivity contribution in [3.8, 4) is 0 Å². The van der Waals surface area contributed by atoms with E-state index in [1.807, 2.05) is 0 Å². The van der Waals surface area contributed by atoms with E-state index in [9.17, 15) is 5.11 Å². The van der Waals surface area contributed by atoms with E-state index < -0.39 is 37.9 Å². The van der Waals surface area contributed by atoms with Crippen molar-refractivity contribution in [1.29, 1.82) is 0 Å². The fourth-order valence-corrected chi connectivity index (χ4v) is 0.706. The largest absolute Gasteiger partial charge is 0.396 e. The lowest BCUT2D eigenvalue weighted by atomic mass is 9.90. The number of rotatable bonds is 5. The standard InChI is InChI=1S/C6H14O5/c7-1-5(2-8)6(11,3-9)4-10/h5,7-11H,1-4H2. The van der Waals surface area contributed by atoms with Crippen LogP contribution in [-0.4, -0.2) is 57.6 Å². The van der Waals surface area contributed by atoms with Crippen LogP contribution in [0.4, 0.5) is 0 Å². The lowest BCUT2D eigenvalue weighted by Crippen LogP contribution is -2.48. The highest BCUT2D eigenvalue weighted by molar-refractivity contribution is 4.84. The van der Waals surface area contributed by atoms with Gasteiger partial charge in [-0.2, -0.15) is 0 Å². The minimum absolute atomic E-state index is 0.478. The molecule has 0 heterocycles. The lowest BCUT2D eigenvalue weighted by Gasteiger charge is -2.30. The van der Waals surface area contributed by atoms with E-state index in [0.29, 0.717) is 0 Å². The maximum atomic E-state index is 9.27. The lowest BCUT2D eigenvalue weighted by molar-refractivity contribution is -0.119. The predicted molar refractivity (Wildman–Crippen MR) is 36.8 cm³/mol. The van der Waals surface area contributed by atoms with Gasteiger partial charge in [-0.25, -0.2) is 0 Å². The zero-order chi connectivity index (χ0) is 8.91. The van der Waals surface area contributed by atoms with E-state index in [0.717, 1.165) is 0 Å². The van der Waals surface area contributed by atoms with E-state index in [2.05, 4.69) is 0 Å². The Balaban J connectivity index is 4.19. The van der Waals surface area contributed by atoms with Crippen LogP contribution < -0.4 is 0 Å². The normalized spacial score (nSPS) is 12.5. The van der Waals surface area contributed by atoms with Gasteiger partial charge in [0, 0.05) is 5.92 Å². The summed E-state index contributed by atoms with van der Waals surface area (Å²) in [6.45, 7) is -2.33. The molecule has 0 bridgehead atoms. The van der Waals surface area contributed by atoms with E-state index in [1.54, 1.807) is 0 Å². The van der Waals surface area contributed by atoms with Crippen LogP contribution in [0.1, 0.15) is 0 Å². The van der Waals surface area contributed by atoms with Gasteiger partial charge >= 0.3 is 0 Å². The molecule has 0 spiro atoms. The van der Waals surface area contributed by atoms with Crippen molar-refractivity contribution in [2.45, 2.75) is 5.60 Å². The van der Waals surface area contributed by atoms with Crippen LogP contribution in [0.5, 0.6) is 0 Å². The fraction of sp³-hybridized carbons (Fsp3) is 1.00. The topological polar surface area (TPSA) is 101 Å². The van der Waals surface area contributed by atoms with Crippen molar-refractivity contribution in [2.75, 3.05) is 26.4 Å². The Morgan fingerprint density at radius 3 is 1.36 bits per heavy atom. The molecule has 0 saturated carbocycles. The second-order valence-electron chi connectivity index (χ2n) is 2.48. The molecular weight excluding hydrogens is 152 g/mol. The molecule has 0 aliphatic rings. The molecule has 5 nitrogen and oxygen atoms in total. The number of hydrogen-bond acceptors (Lipinski definition) is 5. The van der Waals surface area contributed by atoms with Crippen LogP contribution in [0.3, 0.4) is 0 Å². The van der Waals surface area contributed by atoms with E-state index in [4.69, 9.17) is 20.4 Å². The Bertz CT molecular complexity index is 97.1. The molecular formula is C6H14O5. The van der Waals surface area contributed by atoms with E-state index in [-0.39, 0.29) is 0 Å². The van der Waals surface area contributed by atoms with Crippen LogP contribution in [0, 0.1) is 5.92 Å². The third-order valence-corrected chi connectivity index (χ3v) is 1.75. The van der Waals surface area contributed by atoms with E-state index in [1.165, 1.54) is 0 Å². The van der Waals surface area contributed by atoms with Crippen LogP contribution in [-0.2, 0) is 0 Å². The smallest absolute Gasteiger partial charge is 0.118 e. The first-order valence-corrected chi connectivity index (χ1v) is 3.30. The molecule has 68 valence electrons. The van der Waals surface area contributed by atoms with Gasteiger partial charge in [0.2, 0.25) is 0 Å². The van der Waals surface area contributed by atoms with Gasteiger partial charge in [0.05, 0.1) is 26.4 Å². The van der Waals surface area contributed by atoms with Crippen molar-refractivity contribution in [3.05, 3.63) is 0 Å². The average molecular weight is 166 g/mol. The maximum absolute atomic E-state index is 9.27. The van der Waals surface area contributed by atoms with Crippen LogP contribution in [0.15, 0.2) is 0 Å². The molecule has 0 amide bonds. The maximum Gasteiger partial charge on any atom is 0.118 e. The summed E-state index contributed by atoms with van der Waals surface area (Å²) in [6, 6.07) is 0. The highest BCUT2D eigenvalue weighted by atomic mass is 16.4. The second-order valence-corrected chi connectivity index (χ2v) is 2.48. The average Bonchev–Trinajstić information content (AvgIpc) is 2.06. The van der Waals surface area contributed by atoms with Gasteiger partial charge in [-0.05, 0) is 0 Å². The van der Waals surface area contributed by atoms with E-state index >= 15 is 0 Å². The molecule has 0 aromatic rings. The molecule has 0 saturated heterocycles. The third-order valence-electron chi connectivity index (χ3n) is 1.75. The summed E-state index contributed by atoms with van der Waals surface area (Å²) >= 11 is 0. The van der Waals surface area contributed by atoms with Gasteiger partial charge in [-0.1, -0.05) is 0 Å². The van der Waals surface area contributed by atoms with Gasteiger partial charge in [0.1, 0.15) is 5.60 Å². The fourth-order valence-electron chi connectivity index (χ4n) is 0.706. The molecule has 0 unspecified atom stereocenters. The molecule has 5 N–H and O–H groups in total.